The van der Waals surface area contributed by atoms with Crippen LogP contribution in [0.3, 0.4) is 0 Å². The summed E-state index contributed by atoms with van der Waals surface area (Å²) in [5.74, 6) is -2.08. The van der Waals surface area contributed by atoms with Crippen LogP contribution in [0.4, 0.5) is 0 Å². The maximum absolute atomic E-state index is 12.4. The van der Waals surface area contributed by atoms with Gasteiger partial charge in [-0.05, 0) is 30.8 Å². The van der Waals surface area contributed by atoms with E-state index in [1.807, 2.05) is 30.3 Å². The van der Waals surface area contributed by atoms with Crippen LogP contribution in [0.5, 0.6) is 0 Å². The molecule has 0 heterocycles. The summed E-state index contributed by atoms with van der Waals surface area (Å²) in [5.41, 5.74) is -1.14. The van der Waals surface area contributed by atoms with E-state index in [0.29, 0.717) is 0 Å². The monoisotopic (exact) mass is 297 g/mol. The van der Waals surface area contributed by atoms with E-state index in [9.17, 15) is 14.4 Å². The number of carbonyl (C=O) groups is 3. The molecular formula is C18H19NO3. The van der Waals surface area contributed by atoms with Crippen LogP contribution in [0, 0.1) is 0 Å². The minimum Gasteiger partial charge on any atom is -0.292 e. The van der Waals surface area contributed by atoms with Crippen molar-refractivity contribution < 1.29 is 14.4 Å². The lowest BCUT2D eigenvalue weighted by atomic mass is 9.82. The highest BCUT2D eigenvalue weighted by Crippen LogP contribution is 2.23. The van der Waals surface area contributed by atoms with E-state index in [4.69, 9.17) is 0 Å². The van der Waals surface area contributed by atoms with Crippen molar-refractivity contribution >= 4 is 17.3 Å². The largest absolute Gasteiger partial charge is 0.292 e. The molecular weight excluding hydrogens is 278 g/mol. The topological polar surface area (TPSA) is 54.5 Å². The second kappa shape index (κ2) is 7.43. The van der Waals surface area contributed by atoms with Crippen LogP contribution in [0.2, 0.25) is 0 Å². The number of likely N-dealkylation sites (N-methyl/N-ethyl adjacent to an activating group) is 1. The first-order valence-electron chi connectivity index (χ1n) is 6.70. The number of carbonyl (C=O) groups excluding carboxylic acids is 3. The van der Waals surface area contributed by atoms with Gasteiger partial charge in [-0.25, -0.2) is 0 Å². The molecule has 0 fully saturated rings. The van der Waals surface area contributed by atoms with Gasteiger partial charge in [-0.15, -0.1) is 0 Å². The third-order valence-corrected chi connectivity index (χ3v) is 3.46. The van der Waals surface area contributed by atoms with Crippen LogP contribution >= 0.6 is 0 Å². The van der Waals surface area contributed by atoms with Crippen LogP contribution in [0.1, 0.15) is 5.56 Å². The van der Waals surface area contributed by atoms with Gasteiger partial charge in [0, 0.05) is 6.54 Å². The van der Waals surface area contributed by atoms with Crippen molar-refractivity contribution in [3.8, 4) is 0 Å². The Bertz CT molecular complexity index is 566. The Hall–Kier alpha value is -2.59. The van der Waals surface area contributed by atoms with Crippen molar-refractivity contribution in [2.45, 2.75) is 12.1 Å². The third-order valence-electron chi connectivity index (χ3n) is 3.46. The number of hydrogen-bond donors (Lipinski definition) is 0. The molecule has 0 radical (unpaired) electrons. The molecule has 0 N–H and O–H groups in total. The summed E-state index contributed by atoms with van der Waals surface area (Å²) in [6.07, 6.45) is 2.93. The molecule has 0 aliphatic carbocycles. The molecule has 4 nitrogen and oxygen atoms in total. The smallest absolute Gasteiger partial charge is 0.210 e. The lowest BCUT2D eigenvalue weighted by Gasteiger charge is -2.35. The average Bonchev–Trinajstić information content (AvgIpc) is 2.55. The molecule has 1 rings (SSSR count). The molecule has 0 amide bonds. The van der Waals surface area contributed by atoms with Gasteiger partial charge in [-0.1, -0.05) is 50.1 Å². The Morgan fingerprint density at radius 3 is 1.73 bits per heavy atom. The lowest BCUT2D eigenvalue weighted by molar-refractivity contribution is -0.145. The Morgan fingerprint density at radius 2 is 1.36 bits per heavy atom. The highest BCUT2D eigenvalue weighted by atomic mass is 16.2. The van der Waals surface area contributed by atoms with Gasteiger partial charge in [0.05, 0.1) is 0 Å². The third kappa shape index (κ3) is 3.02. The van der Waals surface area contributed by atoms with Crippen LogP contribution in [0.25, 0.3) is 0 Å². The van der Waals surface area contributed by atoms with E-state index in [2.05, 4.69) is 19.7 Å². The fraction of sp³-hybridized carbons (Fsp3) is 0.167. The molecule has 114 valence electrons. The van der Waals surface area contributed by atoms with E-state index in [1.165, 1.54) is 11.9 Å². The number of rotatable bonds is 9. The summed E-state index contributed by atoms with van der Waals surface area (Å²) in [6, 6.07) is 9.22. The van der Waals surface area contributed by atoms with Crippen LogP contribution < -0.4 is 0 Å². The minimum atomic E-state index is -2.00. The van der Waals surface area contributed by atoms with Crippen molar-refractivity contribution in [3.05, 3.63) is 73.9 Å². The molecule has 0 aliphatic rings. The van der Waals surface area contributed by atoms with E-state index in [-0.39, 0.29) is 6.54 Å². The Labute approximate surface area is 130 Å². The van der Waals surface area contributed by atoms with Gasteiger partial charge in [0.1, 0.15) is 0 Å². The molecule has 0 aromatic heterocycles. The molecule has 0 saturated carbocycles. The van der Waals surface area contributed by atoms with Gasteiger partial charge in [-0.3, -0.25) is 19.3 Å². The Morgan fingerprint density at radius 1 is 0.955 bits per heavy atom. The SMILES string of the molecule is C=CC(=O)C(C(=O)C=C)(C(=O)C=C)N(C)Cc1ccccc1. The number of hydrogen-bond acceptors (Lipinski definition) is 4. The Balaban J connectivity index is 3.40. The molecule has 1 aromatic carbocycles. The average molecular weight is 297 g/mol. The molecule has 0 aliphatic heterocycles. The predicted molar refractivity (Wildman–Crippen MR) is 86.3 cm³/mol. The molecule has 4 heteroatoms. The van der Waals surface area contributed by atoms with Gasteiger partial charge in [0.2, 0.25) is 5.54 Å². The second-order valence-electron chi connectivity index (χ2n) is 4.76. The normalized spacial score (nSPS) is 10.8. The van der Waals surface area contributed by atoms with Crippen molar-refractivity contribution in [1.29, 1.82) is 0 Å². The van der Waals surface area contributed by atoms with Crippen LogP contribution in [0.15, 0.2) is 68.3 Å². The van der Waals surface area contributed by atoms with Gasteiger partial charge in [0.25, 0.3) is 0 Å². The van der Waals surface area contributed by atoms with Crippen molar-refractivity contribution in [3.63, 3.8) is 0 Å². The Kier molecular flexibility index (Phi) is 5.90. The highest BCUT2D eigenvalue weighted by molar-refractivity contribution is 6.36. The molecule has 0 saturated heterocycles. The zero-order valence-electron chi connectivity index (χ0n) is 12.6. The maximum atomic E-state index is 12.4. The minimum absolute atomic E-state index is 0.236. The highest BCUT2D eigenvalue weighted by Gasteiger charge is 2.51. The first kappa shape index (κ1) is 17.5. The zero-order valence-corrected chi connectivity index (χ0v) is 12.6. The van der Waals surface area contributed by atoms with E-state index in [0.717, 1.165) is 23.8 Å². The zero-order chi connectivity index (χ0) is 16.8. The van der Waals surface area contributed by atoms with Crippen LogP contribution in [-0.2, 0) is 20.9 Å². The number of benzene rings is 1. The molecule has 1 aromatic rings. The first-order valence-corrected chi connectivity index (χ1v) is 6.70. The maximum Gasteiger partial charge on any atom is 0.210 e. The van der Waals surface area contributed by atoms with Crippen molar-refractivity contribution in [2.75, 3.05) is 7.05 Å². The lowest BCUT2D eigenvalue weighted by Crippen LogP contribution is -2.62. The second-order valence-corrected chi connectivity index (χ2v) is 4.76. The van der Waals surface area contributed by atoms with E-state index >= 15 is 0 Å². The fourth-order valence-corrected chi connectivity index (χ4v) is 2.35. The van der Waals surface area contributed by atoms with Gasteiger partial charge >= 0.3 is 0 Å². The number of ketones is 3. The summed E-state index contributed by atoms with van der Waals surface area (Å²) in [6.45, 7) is 10.4. The van der Waals surface area contributed by atoms with Gasteiger partial charge in [-0.2, -0.15) is 0 Å². The summed E-state index contributed by atoms with van der Waals surface area (Å²) in [5, 5.41) is 0. The van der Waals surface area contributed by atoms with Gasteiger partial charge in [0.15, 0.2) is 17.3 Å². The van der Waals surface area contributed by atoms with Crippen LogP contribution in [-0.4, -0.2) is 34.8 Å². The predicted octanol–water partition coefficient (Wildman–Crippen LogP) is 2.12. The molecule has 0 unspecified atom stereocenters. The summed E-state index contributed by atoms with van der Waals surface area (Å²) in [7, 11) is 1.54. The quantitative estimate of drug-likeness (QED) is 0.517. The van der Waals surface area contributed by atoms with Gasteiger partial charge < -0.3 is 0 Å². The summed E-state index contributed by atoms with van der Waals surface area (Å²) >= 11 is 0. The van der Waals surface area contributed by atoms with E-state index < -0.39 is 22.9 Å². The standard InChI is InChI=1S/C18H19NO3/c1-5-15(20)18(16(21)6-2,17(22)7-3)19(4)13-14-11-9-8-10-12-14/h5-12H,1-3,13H2,4H3. The van der Waals surface area contributed by atoms with E-state index in [1.54, 1.807) is 0 Å². The molecule has 22 heavy (non-hydrogen) atoms. The molecule has 0 atom stereocenters. The molecule has 0 spiro atoms. The number of nitrogens with zero attached hydrogens (tertiary/aromatic N) is 1. The summed E-state index contributed by atoms with van der Waals surface area (Å²) in [4.78, 5) is 38.5. The first-order chi connectivity index (χ1) is 10.4. The van der Waals surface area contributed by atoms with Crippen molar-refractivity contribution in [1.82, 2.24) is 4.90 Å². The summed E-state index contributed by atoms with van der Waals surface area (Å²) < 4.78 is 0. The molecule has 0 bridgehead atoms. The fourth-order valence-electron chi connectivity index (χ4n) is 2.35. The van der Waals surface area contributed by atoms with Crippen molar-refractivity contribution in [2.24, 2.45) is 0 Å².